The Bertz CT molecular complexity index is 93.1. The third kappa shape index (κ3) is 3.82. The van der Waals surface area contributed by atoms with E-state index in [1.165, 1.54) is 4.90 Å². The molecule has 0 aliphatic rings. The summed E-state index contributed by atoms with van der Waals surface area (Å²) in [5.41, 5.74) is 4.96. The van der Waals surface area contributed by atoms with Crippen molar-refractivity contribution < 1.29 is 4.79 Å². The molecule has 0 saturated heterocycles. The Hall–Kier alpha value is -0.730. The van der Waals surface area contributed by atoms with E-state index in [0.29, 0.717) is 0 Å². The van der Waals surface area contributed by atoms with E-state index in [-0.39, 0.29) is 6.03 Å². The zero-order chi connectivity index (χ0) is 7.28. The molecular weight excluding hydrogens is 116 g/mol. The lowest BCUT2D eigenvalue weighted by molar-refractivity contribution is 0.218. The minimum atomic E-state index is -0.344. The largest absolute Gasteiger partial charge is 0.351 e. The van der Waals surface area contributed by atoms with E-state index < -0.39 is 0 Å². The van der Waals surface area contributed by atoms with E-state index in [1.54, 1.807) is 7.05 Å². The standard InChI is InChI=1S/C6H14N2O/c1-3-4-5-8(2)6(7)9/h3-5H2,1-2H3,(H2,7,9). The molecule has 0 aromatic heterocycles. The first kappa shape index (κ1) is 8.27. The first-order valence-electron chi connectivity index (χ1n) is 3.19. The summed E-state index contributed by atoms with van der Waals surface area (Å²) in [6, 6.07) is -0.344. The van der Waals surface area contributed by atoms with Gasteiger partial charge in [-0.05, 0) is 6.42 Å². The number of rotatable bonds is 3. The van der Waals surface area contributed by atoms with Crippen molar-refractivity contribution in [2.75, 3.05) is 13.6 Å². The fraction of sp³-hybridized carbons (Fsp3) is 0.833. The van der Waals surface area contributed by atoms with Crippen molar-refractivity contribution in [1.29, 1.82) is 0 Å². The average Bonchev–Trinajstić information content (AvgIpc) is 1.82. The normalized spacial score (nSPS) is 9.11. The lowest BCUT2D eigenvalue weighted by atomic mass is 10.3. The number of carbonyl (C=O) groups is 1. The zero-order valence-corrected chi connectivity index (χ0v) is 6.05. The monoisotopic (exact) mass is 130 g/mol. The highest BCUT2D eigenvalue weighted by Gasteiger charge is 1.98. The molecular formula is C6H14N2O. The molecule has 3 nitrogen and oxygen atoms in total. The van der Waals surface area contributed by atoms with Crippen LogP contribution in [0.4, 0.5) is 4.79 Å². The van der Waals surface area contributed by atoms with Crippen LogP contribution < -0.4 is 5.73 Å². The van der Waals surface area contributed by atoms with Crippen molar-refractivity contribution >= 4 is 6.03 Å². The van der Waals surface area contributed by atoms with Gasteiger partial charge in [0.25, 0.3) is 0 Å². The summed E-state index contributed by atoms with van der Waals surface area (Å²) in [7, 11) is 1.71. The second kappa shape index (κ2) is 4.18. The Morgan fingerprint density at radius 3 is 2.56 bits per heavy atom. The van der Waals surface area contributed by atoms with E-state index in [0.717, 1.165) is 19.4 Å². The van der Waals surface area contributed by atoms with Gasteiger partial charge in [0.15, 0.2) is 0 Å². The maximum atomic E-state index is 10.4. The second-order valence-corrected chi connectivity index (χ2v) is 2.11. The minimum Gasteiger partial charge on any atom is -0.351 e. The Morgan fingerprint density at radius 2 is 2.22 bits per heavy atom. The van der Waals surface area contributed by atoms with Gasteiger partial charge in [0.05, 0.1) is 0 Å². The molecule has 0 aliphatic carbocycles. The summed E-state index contributed by atoms with van der Waals surface area (Å²) in [6.45, 7) is 2.85. The number of primary amides is 1. The van der Waals surface area contributed by atoms with Crippen LogP contribution in [0.2, 0.25) is 0 Å². The van der Waals surface area contributed by atoms with Crippen LogP contribution in [0.5, 0.6) is 0 Å². The zero-order valence-electron chi connectivity index (χ0n) is 6.05. The molecule has 54 valence electrons. The number of hydrogen-bond acceptors (Lipinski definition) is 1. The van der Waals surface area contributed by atoms with Gasteiger partial charge in [0.1, 0.15) is 0 Å². The Morgan fingerprint density at radius 1 is 1.67 bits per heavy atom. The number of nitrogens with zero attached hydrogens (tertiary/aromatic N) is 1. The topological polar surface area (TPSA) is 46.3 Å². The average molecular weight is 130 g/mol. The quantitative estimate of drug-likeness (QED) is 0.603. The molecule has 2 N–H and O–H groups in total. The van der Waals surface area contributed by atoms with Crippen molar-refractivity contribution in [1.82, 2.24) is 4.90 Å². The fourth-order valence-corrected chi connectivity index (χ4v) is 0.505. The van der Waals surface area contributed by atoms with Crippen molar-refractivity contribution in [3.63, 3.8) is 0 Å². The van der Waals surface area contributed by atoms with Crippen LogP contribution >= 0.6 is 0 Å². The maximum absolute atomic E-state index is 10.4. The molecule has 0 aliphatic heterocycles. The molecule has 0 aromatic carbocycles. The van der Waals surface area contributed by atoms with Crippen molar-refractivity contribution in [3.05, 3.63) is 0 Å². The fourth-order valence-electron chi connectivity index (χ4n) is 0.505. The van der Waals surface area contributed by atoms with Crippen molar-refractivity contribution in [2.24, 2.45) is 5.73 Å². The van der Waals surface area contributed by atoms with Crippen LogP contribution in [0.3, 0.4) is 0 Å². The highest BCUT2D eigenvalue weighted by molar-refractivity contribution is 5.71. The lowest BCUT2D eigenvalue weighted by Gasteiger charge is -2.12. The highest BCUT2D eigenvalue weighted by atomic mass is 16.2. The summed E-state index contributed by atoms with van der Waals surface area (Å²) in [6.07, 6.45) is 2.12. The Balaban J connectivity index is 3.27. The van der Waals surface area contributed by atoms with E-state index >= 15 is 0 Å². The first-order chi connectivity index (χ1) is 4.18. The lowest BCUT2D eigenvalue weighted by Crippen LogP contribution is -2.32. The van der Waals surface area contributed by atoms with Crippen LogP contribution in [-0.2, 0) is 0 Å². The van der Waals surface area contributed by atoms with Crippen LogP contribution in [0.1, 0.15) is 19.8 Å². The van der Waals surface area contributed by atoms with Gasteiger partial charge in [0.2, 0.25) is 0 Å². The maximum Gasteiger partial charge on any atom is 0.314 e. The summed E-state index contributed by atoms with van der Waals surface area (Å²) in [4.78, 5) is 11.9. The van der Waals surface area contributed by atoms with Gasteiger partial charge >= 0.3 is 6.03 Å². The van der Waals surface area contributed by atoms with E-state index in [9.17, 15) is 4.79 Å². The molecule has 0 aromatic rings. The van der Waals surface area contributed by atoms with Crippen molar-refractivity contribution in [3.8, 4) is 0 Å². The molecule has 9 heavy (non-hydrogen) atoms. The predicted molar refractivity (Wildman–Crippen MR) is 37.1 cm³/mol. The summed E-state index contributed by atoms with van der Waals surface area (Å²) in [5.74, 6) is 0. The molecule has 0 atom stereocenters. The summed E-state index contributed by atoms with van der Waals surface area (Å²) >= 11 is 0. The number of carbonyl (C=O) groups excluding carboxylic acids is 1. The SMILES string of the molecule is CCCCN(C)C(N)=O. The van der Waals surface area contributed by atoms with Gasteiger partial charge in [-0.2, -0.15) is 0 Å². The minimum absolute atomic E-state index is 0.344. The van der Waals surface area contributed by atoms with Gasteiger partial charge in [-0.15, -0.1) is 0 Å². The van der Waals surface area contributed by atoms with Crippen LogP contribution in [0.25, 0.3) is 0 Å². The predicted octanol–water partition coefficient (Wildman–Crippen LogP) is 0.797. The van der Waals surface area contributed by atoms with Gasteiger partial charge in [0, 0.05) is 13.6 Å². The van der Waals surface area contributed by atoms with Gasteiger partial charge < -0.3 is 10.6 Å². The van der Waals surface area contributed by atoms with Crippen LogP contribution in [-0.4, -0.2) is 24.5 Å². The third-order valence-corrected chi connectivity index (χ3v) is 1.22. The van der Waals surface area contributed by atoms with E-state index in [1.807, 2.05) is 0 Å². The Kier molecular flexibility index (Phi) is 3.84. The first-order valence-corrected chi connectivity index (χ1v) is 3.19. The molecule has 3 heteroatoms. The second-order valence-electron chi connectivity index (χ2n) is 2.11. The number of amides is 2. The number of urea groups is 1. The van der Waals surface area contributed by atoms with E-state index in [4.69, 9.17) is 5.73 Å². The molecule has 0 saturated carbocycles. The molecule has 0 rings (SSSR count). The number of nitrogens with two attached hydrogens (primary N) is 1. The molecule has 0 spiro atoms. The molecule has 0 fully saturated rings. The van der Waals surface area contributed by atoms with Gasteiger partial charge in [-0.3, -0.25) is 0 Å². The number of hydrogen-bond donors (Lipinski definition) is 1. The van der Waals surface area contributed by atoms with Gasteiger partial charge in [-0.25, -0.2) is 4.79 Å². The van der Waals surface area contributed by atoms with Gasteiger partial charge in [-0.1, -0.05) is 13.3 Å². The molecule has 0 bridgehead atoms. The number of unbranched alkanes of at least 4 members (excludes halogenated alkanes) is 1. The van der Waals surface area contributed by atoms with Crippen molar-refractivity contribution in [2.45, 2.75) is 19.8 Å². The third-order valence-electron chi connectivity index (χ3n) is 1.22. The van der Waals surface area contributed by atoms with Crippen LogP contribution in [0.15, 0.2) is 0 Å². The Labute approximate surface area is 55.8 Å². The molecule has 0 heterocycles. The van der Waals surface area contributed by atoms with E-state index in [2.05, 4.69) is 6.92 Å². The molecule has 2 amide bonds. The highest BCUT2D eigenvalue weighted by Crippen LogP contribution is 1.89. The summed E-state index contributed by atoms with van der Waals surface area (Å²) < 4.78 is 0. The smallest absolute Gasteiger partial charge is 0.314 e. The molecule has 0 radical (unpaired) electrons. The molecule has 0 unspecified atom stereocenters. The summed E-state index contributed by atoms with van der Waals surface area (Å²) in [5, 5.41) is 0. The van der Waals surface area contributed by atoms with Crippen LogP contribution in [0, 0.1) is 0 Å².